The van der Waals surface area contributed by atoms with Crippen molar-refractivity contribution in [1.29, 1.82) is 0 Å². The van der Waals surface area contributed by atoms with Crippen LogP contribution in [0.15, 0.2) is 85.2 Å². The van der Waals surface area contributed by atoms with Gasteiger partial charge in [0.05, 0.1) is 5.69 Å². The number of rotatable bonds is 6. The largest absolute Gasteiger partial charge is 0.367 e. The van der Waals surface area contributed by atoms with Crippen molar-refractivity contribution in [2.45, 2.75) is 32.9 Å². The van der Waals surface area contributed by atoms with E-state index in [-0.39, 0.29) is 5.91 Å². The minimum Gasteiger partial charge on any atom is -0.367 e. The van der Waals surface area contributed by atoms with Crippen molar-refractivity contribution in [3.05, 3.63) is 113 Å². The van der Waals surface area contributed by atoms with Crippen LogP contribution in [0.5, 0.6) is 0 Å². The predicted octanol–water partition coefficient (Wildman–Crippen LogP) is 5.06. The van der Waals surface area contributed by atoms with Gasteiger partial charge in [0.15, 0.2) is 0 Å². The van der Waals surface area contributed by atoms with E-state index in [9.17, 15) is 4.79 Å². The van der Waals surface area contributed by atoms with Crippen LogP contribution in [-0.4, -0.2) is 22.0 Å². The van der Waals surface area contributed by atoms with Crippen LogP contribution in [-0.2, 0) is 19.5 Å². The zero-order valence-electron chi connectivity index (χ0n) is 18.9. The maximum atomic E-state index is 12.8. The van der Waals surface area contributed by atoms with Gasteiger partial charge < -0.3 is 14.8 Å². The van der Waals surface area contributed by atoms with E-state index in [1.807, 2.05) is 54.1 Å². The zero-order chi connectivity index (χ0) is 22.6. The van der Waals surface area contributed by atoms with E-state index in [0.29, 0.717) is 12.1 Å². The second-order valence-electron chi connectivity index (χ2n) is 8.51. The fraction of sp³-hybridized carbons (Fsp3) is 0.214. The average molecular weight is 437 g/mol. The van der Waals surface area contributed by atoms with E-state index in [2.05, 4.69) is 51.6 Å². The Morgan fingerprint density at radius 3 is 2.52 bits per heavy atom. The molecule has 0 saturated heterocycles. The molecule has 1 aromatic heterocycles. The van der Waals surface area contributed by atoms with Crippen molar-refractivity contribution in [3.63, 3.8) is 0 Å². The first kappa shape index (κ1) is 21.0. The fourth-order valence-corrected chi connectivity index (χ4v) is 4.56. The zero-order valence-corrected chi connectivity index (χ0v) is 18.9. The number of hydrogen-bond acceptors (Lipinski definition) is 3. The van der Waals surface area contributed by atoms with Gasteiger partial charge in [0.1, 0.15) is 5.82 Å². The lowest BCUT2D eigenvalue weighted by atomic mass is 10.0. The Kier molecular flexibility index (Phi) is 5.94. The van der Waals surface area contributed by atoms with Gasteiger partial charge in [-0.2, -0.15) is 0 Å². The van der Waals surface area contributed by atoms with Crippen LogP contribution in [0.4, 0.5) is 5.69 Å². The Balaban J connectivity index is 1.24. The van der Waals surface area contributed by atoms with E-state index in [1.165, 1.54) is 23.2 Å². The molecule has 1 N–H and O–H groups in total. The molecule has 0 spiro atoms. The Morgan fingerprint density at radius 1 is 0.970 bits per heavy atom. The molecule has 5 heteroatoms. The van der Waals surface area contributed by atoms with E-state index >= 15 is 0 Å². The molecular formula is C28H28N4O. The van der Waals surface area contributed by atoms with Gasteiger partial charge in [-0.15, -0.1) is 0 Å². The number of nitrogens with zero attached hydrogens (tertiary/aromatic N) is 3. The number of nitrogens with one attached hydrogen (secondary N) is 1. The summed E-state index contributed by atoms with van der Waals surface area (Å²) in [6.07, 6.45) is 6.05. The summed E-state index contributed by atoms with van der Waals surface area (Å²) in [7, 11) is 0. The number of carbonyl (C=O) groups is 1. The van der Waals surface area contributed by atoms with Gasteiger partial charge in [0.25, 0.3) is 5.91 Å². The number of anilines is 1. The molecule has 0 fully saturated rings. The highest BCUT2D eigenvalue weighted by atomic mass is 16.1. The number of carbonyl (C=O) groups excluding carboxylic acids is 1. The van der Waals surface area contributed by atoms with Crippen molar-refractivity contribution < 1.29 is 4.79 Å². The van der Waals surface area contributed by atoms with Crippen LogP contribution >= 0.6 is 0 Å². The van der Waals surface area contributed by atoms with Crippen LogP contribution in [0.3, 0.4) is 0 Å². The quantitative estimate of drug-likeness (QED) is 0.459. The standard InChI is InChI=1S/C28H28N4O/c1-21-29-16-18-32(21)27-11-5-3-8-25(27)19-30-28(33)24-14-12-22(13-15-24)20-31-17-6-9-23-7-2-4-10-26(23)31/h2-5,7-8,10-16,18H,6,9,17,19-20H2,1H3,(H,30,33). The molecule has 0 atom stereocenters. The van der Waals surface area contributed by atoms with Crippen molar-refractivity contribution in [2.75, 3.05) is 11.4 Å². The van der Waals surface area contributed by atoms with E-state index < -0.39 is 0 Å². The molecule has 1 aliphatic heterocycles. The molecule has 0 unspecified atom stereocenters. The van der Waals surface area contributed by atoms with Gasteiger partial charge >= 0.3 is 0 Å². The van der Waals surface area contributed by atoms with Gasteiger partial charge in [-0.25, -0.2) is 4.98 Å². The maximum Gasteiger partial charge on any atom is 0.251 e. The summed E-state index contributed by atoms with van der Waals surface area (Å²) in [6, 6.07) is 24.7. The van der Waals surface area contributed by atoms with Gasteiger partial charge in [0.2, 0.25) is 0 Å². The molecule has 0 aliphatic carbocycles. The van der Waals surface area contributed by atoms with Gasteiger partial charge in [0, 0.05) is 43.3 Å². The number of aryl methyl sites for hydroxylation is 2. The summed E-state index contributed by atoms with van der Waals surface area (Å²) in [5.74, 6) is 0.850. The third kappa shape index (κ3) is 4.53. The molecule has 33 heavy (non-hydrogen) atoms. The lowest BCUT2D eigenvalue weighted by molar-refractivity contribution is 0.0951. The summed E-state index contributed by atoms with van der Waals surface area (Å²) >= 11 is 0. The summed E-state index contributed by atoms with van der Waals surface area (Å²) in [6.45, 7) is 4.35. The van der Waals surface area contributed by atoms with Crippen LogP contribution in [0.2, 0.25) is 0 Å². The molecular weight excluding hydrogens is 408 g/mol. The molecule has 1 aliphatic rings. The fourth-order valence-electron chi connectivity index (χ4n) is 4.56. The molecule has 5 rings (SSSR count). The summed E-state index contributed by atoms with van der Waals surface area (Å²) in [5.41, 5.74) is 6.72. The normalized spacial score (nSPS) is 12.9. The SMILES string of the molecule is Cc1nccn1-c1ccccc1CNC(=O)c1ccc(CN2CCCc3ccccc32)cc1. The molecule has 3 aromatic carbocycles. The first-order valence-corrected chi connectivity index (χ1v) is 11.5. The smallest absolute Gasteiger partial charge is 0.251 e. The molecule has 4 aromatic rings. The molecule has 2 heterocycles. The number of amides is 1. The minimum absolute atomic E-state index is 0.0676. The molecule has 166 valence electrons. The van der Waals surface area contributed by atoms with Crippen molar-refractivity contribution in [1.82, 2.24) is 14.9 Å². The summed E-state index contributed by atoms with van der Waals surface area (Å²) in [4.78, 5) is 19.6. The average Bonchev–Trinajstić information content (AvgIpc) is 3.29. The number of para-hydroxylation sites is 2. The lowest BCUT2D eigenvalue weighted by Gasteiger charge is -2.31. The van der Waals surface area contributed by atoms with E-state index in [0.717, 1.165) is 36.6 Å². The van der Waals surface area contributed by atoms with Gasteiger partial charge in [-0.1, -0.05) is 48.5 Å². The molecule has 1 amide bonds. The van der Waals surface area contributed by atoms with Crippen molar-refractivity contribution >= 4 is 11.6 Å². The van der Waals surface area contributed by atoms with Crippen LogP contribution in [0.25, 0.3) is 5.69 Å². The first-order chi connectivity index (χ1) is 16.2. The number of fused-ring (bicyclic) bond motifs is 1. The van der Waals surface area contributed by atoms with Gasteiger partial charge in [-0.3, -0.25) is 4.79 Å². The summed E-state index contributed by atoms with van der Waals surface area (Å²) < 4.78 is 2.04. The van der Waals surface area contributed by atoms with Crippen molar-refractivity contribution in [2.24, 2.45) is 0 Å². The molecule has 5 nitrogen and oxygen atoms in total. The predicted molar refractivity (Wildman–Crippen MR) is 132 cm³/mol. The monoisotopic (exact) mass is 436 g/mol. The van der Waals surface area contributed by atoms with Crippen LogP contribution in [0, 0.1) is 6.92 Å². The van der Waals surface area contributed by atoms with Gasteiger partial charge in [-0.05, 0) is 60.7 Å². The Hall–Kier alpha value is -3.86. The number of aromatic nitrogens is 2. The second-order valence-corrected chi connectivity index (χ2v) is 8.51. The molecule has 0 saturated carbocycles. The van der Waals surface area contributed by atoms with E-state index in [1.54, 1.807) is 6.20 Å². The van der Waals surface area contributed by atoms with Crippen molar-refractivity contribution in [3.8, 4) is 5.69 Å². The first-order valence-electron chi connectivity index (χ1n) is 11.5. The highest BCUT2D eigenvalue weighted by molar-refractivity contribution is 5.94. The third-order valence-electron chi connectivity index (χ3n) is 6.31. The Labute approximate surface area is 194 Å². The topological polar surface area (TPSA) is 50.2 Å². The molecule has 0 bridgehead atoms. The Bertz CT molecular complexity index is 1260. The maximum absolute atomic E-state index is 12.8. The van der Waals surface area contributed by atoms with Crippen LogP contribution < -0.4 is 10.2 Å². The number of hydrogen-bond donors (Lipinski definition) is 1. The Morgan fingerprint density at radius 2 is 1.73 bits per heavy atom. The van der Waals surface area contributed by atoms with E-state index in [4.69, 9.17) is 0 Å². The minimum atomic E-state index is -0.0676. The molecule has 0 radical (unpaired) electrons. The summed E-state index contributed by atoms with van der Waals surface area (Å²) in [5, 5.41) is 3.07. The highest BCUT2D eigenvalue weighted by Crippen LogP contribution is 2.28. The number of benzene rings is 3. The lowest BCUT2D eigenvalue weighted by Crippen LogP contribution is -2.28. The second kappa shape index (κ2) is 9.33. The number of imidazole rings is 1. The highest BCUT2D eigenvalue weighted by Gasteiger charge is 2.16. The third-order valence-corrected chi connectivity index (χ3v) is 6.31. The van der Waals surface area contributed by atoms with Crippen LogP contribution in [0.1, 0.15) is 39.3 Å².